The van der Waals surface area contributed by atoms with Gasteiger partial charge in [0.15, 0.2) is 0 Å². The highest BCUT2D eigenvalue weighted by Gasteiger charge is 2.06. The number of aryl methyl sites for hydroxylation is 1. The van der Waals surface area contributed by atoms with Gasteiger partial charge in [-0.25, -0.2) is 0 Å². The van der Waals surface area contributed by atoms with Crippen LogP contribution in [0.5, 0.6) is 5.75 Å². The lowest BCUT2D eigenvalue weighted by Crippen LogP contribution is -2.04. The van der Waals surface area contributed by atoms with E-state index in [0.29, 0.717) is 0 Å². The Hall–Kier alpha value is -2.16. The minimum absolute atomic E-state index is 0.0666. The predicted octanol–water partition coefficient (Wildman–Crippen LogP) is 1.38. The van der Waals surface area contributed by atoms with Crippen LogP contribution in [-0.2, 0) is 16.7 Å². The monoisotopic (exact) mass is 328 g/mol. The Bertz CT molecular complexity index is 761. The molecule has 22 heavy (non-hydrogen) atoms. The summed E-state index contributed by atoms with van der Waals surface area (Å²) in [5, 5.41) is 8.55. The predicted molar refractivity (Wildman–Crippen MR) is 78.4 cm³/mol. The van der Waals surface area contributed by atoms with E-state index in [-0.39, 0.29) is 28.4 Å². The molecule has 0 saturated carbocycles. The Labute approximate surface area is 127 Å². The number of hydrogen-bond acceptors (Lipinski definition) is 6. The van der Waals surface area contributed by atoms with Crippen LogP contribution in [0, 0.1) is 6.92 Å². The van der Waals surface area contributed by atoms with Gasteiger partial charge in [0, 0.05) is 6.07 Å². The molecule has 2 aromatic rings. The van der Waals surface area contributed by atoms with Gasteiger partial charge in [0.1, 0.15) is 18.6 Å². The molecule has 0 spiro atoms. The maximum absolute atomic E-state index is 10.9. The van der Waals surface area contributed by atoms with Gasteiger partial charge in [-0.1, -0.05) is 17.7 Å². The fraction of sp³-hybridized carbons (Fsp3) is 0.214. The molecule has 1 heterocycles. The summed E-state index contributed by atoms with van der Waals surface area (Å²) in [7, 11) is -2.64. The molecule has 0 aliphatic carbocycles. The maximum atomic E-state index is 10.9. The van der Waals surface area contributed by atoms with Crippen LogP contribution in [0.15, 0.2) is 50.7 Å². The van der Waals surface area contributed by atoms with Crippen molar-refractivity contribution in [2.75, 3.05) is 7.11 Å². The lowest BCUT2D eigenvalue weighted by Gasteiger charge is -1.97. The van der Waals surface area contributed by atoms with E-state index in [0.717, 1.165) is 5.56 Å². The van der Waals surface area contributed by atoms with Gasteiger partial charge in [-0.2, -0.15) is 8.42 Å². The highest BCUT2D eigenvalue weighted by atomic mass is 32.2. The Balaban J connectivity index is 0.000000220. The molecule has 1 aromatic heterocycles. The first kappa shape index (κ1) is 17.9. The van der Waals surface area contributed by atoms with Gasteiger partial charge in [-0.3, -0.25) is 9.35 Å². The zero-order chi connectivity index (χ0) is 16.8. The third kappa shape index (κ3) is 5.32. The third-order valence-electron chi connectivity index (χ3n) is 2.55. The molecule has 1 aromatic carbocycles. The maximum Gasteiger partial charge on any atom is 0.294 e. The van der Waals surface area contributed by atoms with Gasteiger partial charge in [0.25, 0.3) is 10.1 Å². The molecule has 0 amide bonds. The second-order valence-corrected chi connectivity index (χ2v) is 5.65. The first-order valence-electron chi connectivity index (χ1n) is 6.08. The van der Waals surface area contributed by atoms with Gasteiger partial charge in [-0.15, -0.1) is 0 Å². The molecule has 120 valence electrons. The van der Waals surface area contributed by atoms with Crippen molar-refractivity contribution in [2.24, 2.45) is 0 Å². The highest BCUT2D eigenvalue weighted by Crippen LogP contribution is 2.08. The number of hydrogen-bond donors (Lipinski definition) is 2. The lowest BCUT2D eigenvalue weighted by atomic mass is 10.2. The van der Waals surface area contributed by atoms with Crippen molar-refractivity contribution in [1.29, 1.82) is 0 Å². The molecule has 2 rings (SSSR count). The Morgan fingerprint density at radius 2 is 1.82 bits per heavy atom. The van der Waals surface area contributed by atoms with E-state index in [9.17, 15) is 13.2 Å². The standard InChI is InChI=1S/C7H8O4.C7H8O3S/c1-10-7-4-11-5(3-8)2-6(7)9;1-6-2-4-7(5-3-6)11(8,9)10/h2,4,8H,3H2,1H3;2-5H,1H3,(H,8,9,10). The first-order chi connectivity index (χ1) is 10.3. The van der Waals surface area contributed by atoms with E-state index in [4.69, 9.17) is 14.1 Å². The van der Waals surface area contributed by atoms with Gasteiger partial charge in [0.2, 0.25) is 11.2 Å². The number of aliphatic hydroxyl groups excluding tert-OH is 1. The number of rotatable bonds is 3. The van der Waals surface area contributed by atoms with E-state index in [1.54, 1.807) is 12.1 Å². The molecule has 7 nitrogen and oxygen atoms in total. The number of aliphatic hydroxyl groups is 1. The molecular formula is C14H16O7S. The molecule has 0 aliphatic rings. The average molecular weight is 328 g/mol. The highest BCUT2D eigenvalue weighted by molar-refractivity contribution is 7.85. The Morgan fingerprint density at radius 1 is 1.23 bits per heavy atom. The van der Waals surface area contributed by atoms with Crippen LogP contribution >= 0.6 is 0 Å². The summed E-state index contributed by atoms with van der Waals surface area (Å²) < 4.78 is 39.0. The molecule has 0 bridgehead atoms. The molecule has 0 unspecified atom stereocenters. The summed E-state index contributed by atoms with van der Waals surface area (Å²) in [6.07, 6.45) is 1.17. The SMILES string of the molecule is COc1coc(CO)cc1=O.Cc1ccc(S(=O)(=O)O)cc1. The van der Waals surface area contributed by atoms with Crippen molar-refractivity contribution in [3.8, 4) is 5.75 Å². The molecule has 8 heteroatoms. The van der Waals surface area contributed by atoms with Crippen LogP contribution < -0.4 is 10.2 Å². The van der Waals surface area contributed by atoms with Crippen LogP contribution in [-0.4, -0.2) is 25.2 Å². The van der Waals surface area contributed by atoms with E-state index in [2.05, 4.69) is 4.74 Å². The minimum atomic E-state index is -4.02. The molecule has 0 atom stereocenters. The molecular weight excluding hydrogens is 312 g/mol. The fourth-order valence-electron chi connectivity index (χ4n) is 1.38. The second kappa shape index (κ2) is 7.74. The van der Waals surface area contributed by atoms with Crippen molar-refractivity contribution in [1.82, 2.24) is 0 Å². The van der Waals surface area contributed by atoms with Crippen molar-refractivity contribution >= 4 is 10.1 Å². The van der Waals surface area contributed by atoms with E-state index < -0.39 is 10.1 Å². The van der Waals surface area contributed by atoms with Crippen molar-refractivity contribution in [3.05, 3.63) is 58.1 Å². The largest absolute Gasteiger partial charge is 0.490 e. The number of benzene rings is 1. The smallest absolute Gasteiger partial charge is 0.294 e. The van der Waals surface area contributed by atoms with Crippen LogP contribution in [0.1, 0.15) is 11.3 Å². The molecule has 0 fully saturated rings. The molecule has 2 N–H and O–H groups in total. The lowest BCUT2D eigenvalue weighted by molar-refractivity contribution is 0.240. The Kier molecular flexibility index (Phi) is 6.29. The summed E-state index contributed by atoms with van der Waals surface area (Å²) in [5.41, 5.74) is 0.667. The van der Waals surface area contributed by atoms with Crippen LogP contribution in [0.2, 0.25) is 0 Å². The van der Waals surface area contributed by atoms with Crippen LogP contribution in [0.4, 0.5) is 0 Å². The average Bonchev–Trinajstić information content (AvgIpc) is 2.47. The third-order valence-corrected chi connectivity index (χ3v) is 3.41. The zero-order valence-electron chi connectivity index (χ0n) is 12.0. The van der Waals surface area contributed by atoms with Gasteiger partial charge < -0.3 is 14.3 Å². The van der Waals surface area contributed by atoms with Crippen molar-refractivity contribution in [3.63, 3.8) is 0 Å². The first-order valence-corrected chi connectivity index (χ1v) is 7.52. The number of methoxy groups -OCH3 is 1. The topological polar surface area (TPSA) is 114 Å². The second-order valence-electron chi connectivity index (χ2n) is 4.23. The minimum Gasteiger partial charge on any atom is -0.490 e. The summed E-state index contributed by atoms with van der Waals surface area (Å²) in [5.74, 6) is 0.373. The summed E-state index contributed by atoms with van der Waals surface area (Å²) in [6.45, 7) is 1.56. The normalized spacial score (nSPS) is 10.5. The molecule has 0 saturated heterocycles. The molecule has 0 aliphatic heterocycles. The van der Waals surface area contributed by atoms with Crippen LogP contribution in [0.3, 0.4) is 0 Å². The van der Waals surface area contributed by atoms with Crippen molar-refractivity contribution < 1.29 is 27.2 Å². The summed E-state index contributed by atoms with van der Waals surface area (Å²) in [6, 6.07) is 7.18. The summed E-state index contributed by atoms with van der Waals surface area (Å²) >= 11 is 0. The Morgan fingerprint density at radius 3 is 2.23 bits per heavy atom. The zero-order valence-corrected chi connectivity index (χ0v) is 12.8. The van der Waals surface area contributed by atoms with Crippen LogP contribution in [0.25, 0.3) is 0 Å². The van der Waals surface area contributed by atoms with E-state index in [1.807, 2.05) is 6.92 Å². The van der Waals surface area contributed by atoms with E-state index >= 15 is 0 Å². The fourth-order valence-corrected chi connectivity index (χ4v) is 1.86. The van der Waals surface area contributed by atoms with E-state index in [1.165, 1.54) is 31.6 Å². The molecule has 0 radical (unpaired) electrons. The van der Waals surface area contributed by atoms with Gasteiger partial charge in [0.05, 0.1) is 12.0 Å². The van der Waals surface area contributed by atoms with Crippen molar-refractivity contribution in [2.45, 2.75) is 18.4 Å². The van der Waals surface area contributed by atoms with Gasteiger partial charge in [-0.05, 0) is 19.1 Å². The van der Waals surface area contributed by atoms with Gasteiger partial charge >= 0.3 is 0 Å². The quantitative estimate of drug-likeness (QED) is 0.818. The number of ether oxygens (including phenoxy) is 1. The summed E-state index contributed by atoms with van der Waals surface area (Å²) in [4.78, 5) is 10.9.